The lowest BCUT2D eigenvalue weighted by atomic mass is 9.80. The fourth-order valence-corrected chi connectivity index (χ4v) is 5.23. The molecule has 2 aliphatic rings. The molecule has 138 valence electrons. The van der Waals surface area contributed by atoms with Gasteiger partial charge in [0.1, 0.15) is 11.4 Å². The van der Waals surface area contributed by atoms with Crippen LogP contribution in [-0.4, -0.2) is 41.2 Å². The summed E-state index contributed by atoms with van der Waals surface area (Å²) >= 11 is 4.82. The maximum atomic E-state index is 13.2. The molecule has 4 nitrogen and oxygen atoms in total. The first kappa shape index (κ1) is 18.1. The molecule has 1 atom stereocenters. The van der Waals surface area contributed by atoms with Crippen molar-refractivity contribution < 1.29 is 19.0 Å². The molecule has 26 heavy (non-hydrogen) atoms. The second-order valence-corrected chi connectivity index (χ2v) is 9.55. The lowest BCUT2D eigenvalue weighted by Crippen LogP contribution is -2.46. The van der Waals surface area contributed by atoms with E-state index in [2.05, 4.69) is 15.9 Å². The highest BCUT2D eigenvalue weighted by molar-refractivity contribution is 9.11. The fourth-order valence-electron chi connectivity index (χ4n) is 3.88. The van der Waals surface area contributed by atoms with Crippen molar-refractivity contribution in [3.8, 4) is 0 Å². The molecule has 0 radical (unpaired) electrons. The van der Waals surface area contributed by atoms with Crippen molar-refractivity contribution in [1.82, 2.24) is 4.90 Å². The normalized spacial score (nSPS) is 25.0. The standard InChI is InChI=1S/C19H19BrFNO3S/c20-16-6-5-15(26-16)17(23)22-9-7-18(8-10-22)11-19(24,12-25-18)13-1-3-14(21)4-2-13/h1-6,24H,7-12H2/t19-/m0/s1. The Morgan fingerprint density at radius 1 is 1.19 bits per heavy atom. The third-order valence-electron chi connectivity index (χ3n) is 5.36. The van der Waals surface area contributed by atoms with Crippen molar-refractivity contribution in [2.75, 3.05) is 19.7 Å². The zero-order valence-corrected chi connectivity index (χ0v) is 16.5. The number of carbonyl (C=O) groups is 1. The summed E-state index contributed by atoms with van der Waals surface area (Å²) in [6, 6.07) is 9.67. The summed E-state index contributed by atoms with van der Waals surface area (Å²) < 4.78 is 20.1. The summed E-state index contributed by atoms with van der Waals surface area (Å²) in [5.41, 5.74) is -0.841. The summed E-state index contributed by atoms with van der Waals surface area (Å²) in [4.78, 5) is 15.2. The number of likely N-dealkylation sites (tertiary alicyclic amines) is 1. The first-order valence-corrected chi connectivity index (χ1v) is 10.2. The Bertz CT molecular complexity index is 816. The average molecular weight is 440 g/mol. The molecule has 1 amide bonds. The van der Waals surface area contributed by atoms with Crippen molar-refractivity contribution in [3.63, 3.8) is 0 Å². The molecule has 1 N–H and O–H groups in total. The minimum absolute atomic E-state index is 0.0438. The van der Waals surface area contributed by atoms with Gasteiger partial charge in [-0.1, -0.05) is 12.1 Å². The van der Waals surface area contributed by atoms with Crippen LogP contribution in [-0.2, 0) is 10.3 Å². The highest BCUT2D eigenvalue weighted by atomic mass is 79.9. The van der Waals surface area contributed by atoms with E-state index in [9.17, 15) is 14.3 Å². The van der Waals surface area contributed by atoms with E-state index in [1.165, 1.54) is 23.5 Å². The Labute approximate surface area is 163 Å². The number of rotatable bonds is 2. The molecule has 0 aliphatic carbocycles. The molecule has 2 aliphatic heterocycles. The van der Waals surface area contributed by atoms with E-state index < -0.39 is 11.2 Å². The number of hydrogen-bond acceptors (Lipinski definition) is 4. The summed E-state index contributed by atoms with van der Waals surface area (Å²) in [6.07, 6.45) is 1.85. The van der Waals surface area contributed by atoms with Crippen LogP contribution < -0.4 is 0 Å². The van der Waals surface area contributed by atoms with Gasteiger partial charge in [-0.25, -0.2) is 4.39 Å². The number of carbonyl (C=O) groups excluding carboxylic acids is 1. The van der Waals surface area contributed by atoms with E-state index in [0.29, 0.717) is 37.9 Å². The van der Waals surface area contributed by atoms with Gasteiger partial charge >= 0.3 is 0 Å². The molecule has 2 saturated heterocycles. The van der Waals surface area contributed by atoms with Gasteiger partial charge in [0.05, 0.1) is 20.9 Å². The molecule has 1 spiro atoms. The van der Waals surface area contributed by atoms with Crippen LogP contribution in [0.4, 0.5) is 4.39 Å². The first-order valence-electron chi connectivity index (χ1n) is 8.56. The molecule has 0 bridgehead atoms. The second-order valence-electron chi connectivity index (χ2n) is 7.08. The summed E-state index contributed by atoms with van der Waals surface area (Å²) in [7, 11) is 0. The monoisotopic (exact) mass is 439 g/mol. The van der Waals surface area contributed by atoms with Crippen molar-refractivity contribution >= 4 is 33.2 Å². The van der Waals surface area contributed by atoms with Crippen LogP contribution in [0.1, 0.15) is 34.5 Å². The van der Waals surface area contributed by atoms with Crippen LogP contribution in [0.2, 0.25) is 0 Å². The number of ether oxygens (including phenoxy) is 1. The Balaban J connectivity index is 1.43. The summed E-state index contributed by atoms with van der Waals surface area (Å²) in [6.45, 7) is 1.41. The lowest BCUT2D eigenvalue weighted by Gasteiger charge is -2.39. The van der Waals surface area contributed by atoms with Gasteiger partial charge in [-0.15, -0.1) is 11.3 Å². The molecule has 2 aromatic rings. The van der Waals surface area contributed by atoms with E-state index >= 15 is 0 Å². The Morgan fingerprint density at radius 3 is 2.50 bits per heavy atom. The van der Waals surface area contributed by atoms with E-state index in [0.717, 1.165) is 8.66 Å². The molecule has 7 heteroatoms. The summed E-state index contributed by atoms with van der Waals surface area (Å²) in [5, 5.41) is 11.0. The molecule has 1 aromatic carbocycles. The van der Waals surface area contributed by atoms with Crippen molar-refractivity contribution in [1.29, 1.82) is 0 Å². The Morgan fingerprint density at radius 2 is 1.88 bits per heavy atom. The van der Waals surface area contributed by atoms with Gasteiger partial charge in [0.25, 0.3) is 5.91 Å². The largest absolute Gasteiger partial charge is 0.383 e. The highest BCUT2D eigenvalue weighted by Crippen LogP contribution is 2.45. The van der Waals surface area contributed by atoms with Gasteiger partial charge < -0.3 is 14.7 Å². The predicted octanol–water partition coefficient (Wildman–Crippen LogP) is 3.93. The molecule has 3 heterocycles. The molecule has 4 rings (SSSR count). The van der Waals surface area contributed by atoms with Crippen LogP contribution >= 0.6 is 27.3 Å². The number of hydrogen-bond donors (Lipinski definition) is 1. The topological polar surface area (TPSA) is 49.8 Å². The minimum Gasteiger partial charge on any atom is -0.383 e. The Kier molecular flexibility index (Phi) is 4.67. The number of nitrogens with zero attached hydrogens (tertiary/aromatic N) is 1. The molecule has 0 saturated carbocycles. The molecule has 2 fully saturated rings. The first-order chi connectivity index (χ1) is 12.4. The van der Waals surface area contributed by atoms with Crippen LogP contribution in [0.25, 0.3) is 0 Å². The van der Waals surface area contributed by atoms with E-state index in [1.54, 1.807) is 12.1 Å². The third-order valence-corrected chi connectivity index (χ3v) is 6.97. The zero-order chi connectivity index (χ0) is 18.4. The number of halogens is 2. The van der Waals surface area contributed by atoms with Crippen molar-refractivity contribution in [3.05, 3.63) is 56.4 Å². The van der Waals surface area contributed by atoms with Crippen LogP contribution in [0.15, 0.2) is 40.2 Å². The zero-order valence-electron chi connectivity index (χ0n) is 14.1. The maximum Gasteiger partial charge on any atom is 0.263 e. The molecule has 0 unspecified atom stereocenters. The SMILES string of the molecule is O=C(c1ccc(Br)s1)N1CCC2(CC1)C[C@@](O)(c1ccc(F)cc1)CO2. The predicted molar refractivity (Wildman–Crippen MR) is 101 cm³/mol. The van der Waals surface area contributed by atoms with Gasteiger partial charge in [-0.3, -0.25) is 4.79 Å². The summed E-state index contributed by atoms with van der Waals surface area (Å²) in [5.74, 6) is -0.277. The number of aliphatic hydroxyl groups is 1. The third kappa shape index (κ3) is 3.33. The molecular weight excluding hydrogens is 421 g/mol. The van der Waals surface area contributed by atoms with E-state index in [-0.39, 0.29) is 18.3 Å². The Hall–Kier alpha value is -1.28. The van der Waals surface area contributed by atoms with Gasteiger partial charge in [0.15, 0.2) is 0 Å². The quantitative estimate of drug-likeness (QED) is 0.770. The average Bonchev–Trinajstić information content (AvgIpc) is 3.20. The number of thiophene rings is 1. The van der Waals surface area contributed by atoms with Gasteiger partial charge in [0.2, 0.25) is 0 Å². The molecular formula is C19H19BrFNO3S. The minimum atomic E-state index is -1.10. The maximum absolute atomic E-state index is 13.2. The fraction of sp³-hybridized carbons (Fsp3) is 0.421. The van der Waals surface area contributed by atoms with E-state index in [4.69, 9.17) is 4.74 Å². The van der Waals surface area contributed by atoms with Crippen molar-refractivity contribution in [2.24, 2.45) is 0 Å². The number of benzene rings is 1. The van der Waals surface area contributed by atoms with Gasteiger partial charge in [0, 0.05) is 19.5 Å². The second kappa shape index (κ2) is 6.71. The van der Waals surface area contributed by atoms with Crippen LogP contribution in [0.3, 0.4) is 0 Å². The van der Waals surface area contributed by atoms with Crippen LogP contribution in [0, 0.1) is 5.82 Å². The lowest BCUT2D eigenvalue weighted by molar-refractivity contribution is -0.0430. The van der Waals surface area contributed by atoms with Gasteiger partial charge in [-0.2, -0.15) is 0 Å². The van der Waals surface area contributed by atoms with Crippen LogP contribution in [0.5, 0.6) is 0 Å². The number of piperidine rings is 1. The van der Waals surface area contributed by atoms with Gasteiger partial charge in [-0.05, 0) is 58.6 Å². The van der Waals surface area contributed by atoms with E-state index in [1.807, 2.05) is 17.0 Å². The highest BCUT2D eigenvalue weighted by Gasteiger charge is 2.51. The molecule has 1 aromatic heterocycles. The number of amides is 1. The van der Waals surface area contributed by atoms with Crippen molar-refractivity contribution in [2.45, 2.75) is 30.5 Å². The smallest absolute Gasteiger partial charge is 0.263 e.